The molecule has 2 aromatic carbocycles. The monoisotopic (exact) mass is 347 g/mol. The molecule has 1 N–H and O–H groups in total. The average Bonchev–Trinajstić information content (AvgIpc) is 2.69. The molecule has 0 bridgehead atoms. The van der Waals surface area contributed by atoms with Gasteiger partial charge in [-0.05, 0) is 17.7 Å². The Balaban J connectivity index is 1.76. The number of hydrogen-bond acceptors (Lipinski definition) is 6. The molecule has 0 unspecified atom stereocenters. The van der Waals surface area contributed by atoms with E-state index < -0.39 is 0 Å². The van der Waals surface area contributed by atoms with Crippen LogP contribution in [0.3, 0.4) is 0 Å². The second kappa shape index (κ2) is 8.11. The third kappa shape index (κ3) is 4.36. The molecule has 0 radical (unpaired) electrons. The number of methoxy groups -OCH3 is 1. The van der Waals surface area contributed by atoms with Crippen molar-refractivity contribution in [2.24, 2.45) is 5.10 Å². The Bertz CT molecular complexity index is 876. The molecule has 3 rings (SSSR count). The van der Waals surface area contributed by atoms with E-state index >= 15 is 0 Å². The first kappa shape index (κ1) is 17.4. The number of rotatable bonds is 6. The third-order valence-corrected chi connectivity index (χ3v) is 3.75. The van der Waals surface area contributed by atoms with Gasteiger partial charge in [-0.1, -0.05) is 42.5 Å². The Morgan fingerprint density at radius 2 is 1.73 bits per heavy atom. The van der Waals surface area contributed by atoms with Crippen molar-refractivity contribution in [1.82, 2.24) is 9.97 Å². The molecule has 0 atom stereocenters. The quantitative estimate of drug-likeness (QED) is 0.544. The fraction of sp³-hybridized carbons (Fsp3) is 0.150. The summed E-state index contributed by atoms with van der Waals surface area (Å²) < 4.78 is 5.27. The summed E-state index contributed by atoms with van der Waals surface area (Å²) in [5, 5.41) is 4.26. The van der Waals surface area contributed by atoms with Crippen molar-refractivity contribution in [2.75, 3.05) is 31.5 Å². The zero-order valence-corrected chi connectivity index (χ0v) is 15.0. The molecular formula is C20H21N5O. The highest BCUT2D eigenvalue weighted by Gasteiger charge is 2.06. The molecule has 0 saturated carbocycles. The smallest absolute Gasteiger partial charge is 0.218 e. The molecule has 6 heteroatoms. The van der Waals surface area contributed by atoms with Crippen molar-refractivity contribution >= 4 is 17.7 Å². The van der Waals surface area contributed by atoms with E-state index in [9.17, 15) is 0 Å². The maximum Gasteiger partial charge on any atom is 0.218 e. The lowest BCUT2D eigenvalue weighted by molar-refractivity contribution is 0.398. The van der Waals surface area contributed by atoms with Crippen LogP contribution in [0.5, 0.6) is 5.88 Å². The van der Waals surface area contributed by atoms with E-state index in [0.717, 1.165) is 16.8 Å². The minimum absolute atomic E-state index is 0.479. The van der Waals surface area contributed by atoms with Crippen LogP contribution in [0.25, 0.3) is 11.4 Å². The topological polar surface area (TPSA) is 62.6 Å². The van der Waals surface area contributed by atoms with Gasteiger partial charge >= 0.3 is 0 Å². The summed E-state index contributed by atoms with van der Waals surface area (Å²) in [5.41, 5.74) is 5.99. The highest BCUT2D eigenvalue weighted by molar-refractivity contribution is 5.80. The first-order valence-electron chi connectivity index (χ1n) is 8.20. The van der Waals surface area contributed by atoms with Gasteiger partial charge in [-0.3, -0.25) is 5.43 Å². The summed E-state index contributed by atoms with van der Waals surface area (Å²) in [6.45, 7) is 0. The molecule has 1 heterocycles. The van der Waals surface area contributed by atoms with Gasteiger partial charge in [0.25, 0.3) is 0 Å². The zero-order chi connectivity index (χ0) is 18.4. The van der Waals surface area contributed by atoms with Gasteiger partial charge in [-0.25, -0.2) is 4.98 Å². The first-order valence-corrected chi connectivity index (χ1v) is 8.20. The van der Waals surface area contributed by atoms with Gasteiger partial charge in [-0.15, -0.1) is 0 Å². The van der Waals surface area contributed by atoms with Crippen LogP contribution < -0.4 is 15.1 Å². The summed E-state index contributed by atoms with van der Waals surface area (Å²) in [6, 6.07) is 19.6. The predicted molar refractivity (Wildman–Crippen MR) is 106 cm³/mol. The lowest BCUT2D eigenvalue weighted by Gasteiger charge is -2.11. The van der Waals surface area contributed by atoms with Crippen LogP contribution in [0, 0.1) is 0 Å². The molecule has 0 fully saturated rings. The van der Waals surface area contributed by atoms with Crippen LogP contribution in [-0.2, 0) is 0 Å². The maximum absolute atomic E-state index is 5.27. The van der Waals surface area contributed by atoms with Crippen LogP contribution in [0.4, 0.5) is 11.5 Å². The zero-order valence-electron chi connectivity index (χ0n) is 15.0. The fourth-order valence-electron chi connectivity index (χ4n) is 2.33. The number of hydrogen-bond donors (Lipinski definition) is 1. The summed E-state index contributed by atoms with van der Waals surface area (Å²) in [5.74, 6) is 1.63. The standard InChI is InChI=1S/C20H21N5O/c1-25(2)17-11-9-15(10-12-17)14-21-24-18-13-19(26-3)23-20(22-18)16-7-5-4-6-8-16/h4-14H,1-3H3,(H,22,23,24). The van der Waals surface area contributed by atoms with Gasteiger partial charge in [0.1, 0.15) is 0 Å². The Hall–Kier alpha value is -3.41. The minimum atomic E-state index is 0.479. The van der Waals surface area contributed by atoms with Crippen LogP contribution in [-0.4, -0.2) is 37.4 Å². The molecule has 1 aromatic heterocycles. The number of nitrogens with one attached hydrogen (secondary N) is 1. The largest absolute Gasteiger partial charge is 0.481 e. The number of hydrazone groups is 1. The average molecular weight is 347 g/mol. The van der Waals surface area contributed by atoms with E-state index in [-0.39, 0.29) is 0 Å². The number of aromatic nitrogens is 2. The number of anilines is 2. The third-order valence-electron chi connectivity index (χ3n) is 3.75. The van der Waals surface area contributed by atoms with Crippen molar-refractivity contribution in [3.8, 4) is 17.3 Å². The second-order valence-corrected chi connectivity index (χ2v) is 5.84. The van der Waals surface area contributed by atoms with Crippen LogP contribution in [0.15, 0.2) is 65.8 Å². The van der Waals surface area contributed by atoms with Gasteiger partial charge in [0.2, 0.25) is 5.88 Å². The van der Waals surface area contributed by atoms with E-state index in [1.54, 1.807) is 19.4 Å². The van der Waals surface area contributed by atoms with Gasteiger partial charge < -0.3 is 9.64 Å². The van der Waals surface area contributed by atoms with Crippen LogP contribution >= 0.6 is 0 Å². The van der Waals surface area contributed by atoms with Gasteiger partial charge in [0, 0.05) is 31.4 Å². The van der Waals surface area contributed by atoms with Crippen molar-refractivity contribution in [3.05, 3.63) is 66.2 Å². The molecule has 0 amide bonds. The van der Waals surface area contributed by atoms with Gasteiger partial charge in [0.05, 0.1) is 13.3 Å². The van der Waals surface area contributed by atoms with E-state index in [0.29, 0.717) is 17.5 Å². The number of ether oxygens (including phenoxy) is 1. The van der Waals surface area contributed by atoms with E-state index in [4.69, 9.17) is 4.74 Å². The van der Waals surface area contributed by atoms with Gasteiger partial charge in [-0.2, -0.15) is 10.1 Å². The molecule has 0 saturated heterocycles. The lowest BCUT2D eigenvalue weighted by atomic mass is 10.2. The van der Waals surface area contributed by atoms with E-state index in [1.165, 1.54) is 0 Å². The van der Waals surface area contributed by atoms with Crippen molar-refractivity contribution in [1.29, 1.82) is 0 Å². The van der Waals surface area contributed by atoms with Crippen molar-refractivity contribution < 1.29 is 4.74 Å². The molecule has 132 valence electrons. The highest BCUT2D eigenvalue weighted by atomic mass is 16.5. The molecule has 6 nitrogen and oxygen atoms in total. The molecule has 0 aliphatic carbocycles. The Kier molecular flexibility index (Phi) is 5.43. The summed E-state index contributed by atoms with van der Waals surface area (Å²) in [6.07, 6.45) is 1.75. The van der Waals surface area contributed by atoms with Crippen LogP contribution in [0.2, 0.25) is 0 Å². The number of benzene rings is 2. The Labute approximate surface area is 153 Å². The predicted octanol–water partition coefficient (Wildman–Crippen LogP) is 3.66. The fourth-order valence-corrected chi connectivity index (χ4v) is 2.33. The molecular weight excluding hydrogens is 326 g/mol. The molecule has 3 aromatic rings. The van der Waals surface area contributed by atoms with Gasteiger partial charge in [0.15, 0.2) is 11.6 Å². The van der Waals surface area contributed by atoms with Crippen molar-refractivity contribution in [2.45, 2.75) is 0 Å². The molecule has 0 aliphatic heterocycles. The summed E-state index contributed by atoms with van der Waals surface area (Å²) >= 11 is 0. The first-order chi connectivity index (χ1) is 12.7. The second-order valence-electron chi connectivity index (χ2n) is 5.84. The lowest BCUT2D eigenvalue weighted by Crippen LogP contribution is -2.08. The van der Waals surface area contributed by atoms with Crippen molar-refractivity contribution in [3.63, 3.8) is 0 Å². The summed E-state index contributed by atoms with van der Waals surface area (Å²) in [4.78, 5) is 10.9. The Morgan fingerprint density at radius 3 is 2.38 bits per heavy atom. The highest BCUT2D eigenvalue weighted by Crippen LogP contribution is 2.21. The normalized spacial score (nSPS) is 10.7. The van der Waals surface area contributed by atoms with E-state index in [2.05, 4.69) is 25.4 Å². The van der Waals surface area contributed by atoms with Crippen LogP contribution in [0.1, 0.15) is 5.56 Å². The minimum Gasteiger partial charge on any atom is -0.481 e. The Morgan fingerprint density at radius 1 is 1.00 bits per heavy atom. The number of nitrogens with zero attached hydrogens (tertiary/aromatic N) is 4. The molecule has 0 spiro atoms. The maximum atomic E-state index is 5.27. The summed E-state index contributed by atoms with van der Waals surface area (Å²) in [7, 11) is 5.60. The SMILES string of the molecule is COc1cc(NN=Cc2ccc(N(C)C)cc2)nc(-c2ccccc2)n1. The molecule has 0 aliphatic rings. The molecule has 26 heavy (non-hydrogen) atoms. The van der Waals surface area contributed by atoms with E-state index in [1.807, 2.05) is 68.7 Å².